The van der Waals surface area contributed by atoms with E-state index in [2.05, 4.69) is 10.6 Å². The van der Waals surface area contributed by atoms with Crippen molar-refractivity contribution < 1.29 is 9.53 Å². The monoisotopic (exact) mass is 141 g/mol. The van der Waals surface area contributed by atoms with E-state index in [0.717, 1.165) is 19.1 Å². The molecule has 10 heavy (non-hydrogen) atoms. The second-order valence-electron chi connectivity index (χ2n) is 2.58. The Hall–Kier alpha value is -0.770. The summed E-state index contributed by atoms with van der Waals surface area (Å²) in [5, 5.41) is 5.82. The first kappa shape index (κ1) is 5.97. The van der Waals surface area contributed by atoms with Gasteiger partial charge in [0.15, 0.2) is 0 Å². The van der Waals surface area contributed by atoms with Crippen molar-refractivity contribution in [1.82, 2.24) is 10.6 Å². The lowest BCUT2D eigenvalue weighted by Gasteiger charge is -2.23. The molecule has 4 nitrogen and oxygen atoms in total. The number of carbonyl (C=O) groups excluding carboxylic acids is 1. The molecule has 2 aliphatic heterocycles. The standard InChI is InChI=1S/C6H9N2O2/c9-6-8-5-2-7-1-4(5)3-10-6/h4,7H,1-3H2,(H,8,9). The molecule has 0 aromatic carbocycles. The molecule has 2 heterocycles. The van der Waals surface area contributed by atoms with Gasteiger partial charge in [-0.15, -0.1) is 0 Å². The van der Waals surface area contributed by atoms with Crippen molar-refractivity contribution in [1.29, 1.82) is 0 Å². The first-order valence-corrected chi connectivity index (χ1v) is 3.36. The lowest BCUT2D eigenvalue weighted by molar-refractivity contribution is 0.112. The van der Waals surface area contributed by atoms with Crippen LogP contribution in [0.4, 0.5) is 4.79 Å². The Morgan fingerprint density at radius 1 is 1.60 bits per heavy atom. The second-order valence-corrected chi connectivity index (χ2v) is 2.58. The number of carbonyl (C=O) groups is 1. The van der Waals surface area contributed by atoms with Crippen LogP contribution in [0.2, 0.25) is 0 Å². The van der Waals surface area contributed by atoms with Gasteiger partial charge in [-0.25, -0.2) is 4.79 Å². The summed E-state index contributed by atoms with van der Waals surface area (Å²) in [7, 11) is 0. The third-order valence-corrected chi connectivity index (χ3v) is 1.88. The van der Waals surface area contributed by atoms with E-state index in [-0.39, 0.29) is 6.09 Å². The van der Waals surface area contributed by atoms with E-state index in [1.54, 1.807) is 0 Å². The predicted molar refractivity (Wildman–Crippen MR) is 34.1 cm³/mol. The average Bonchev–Trinajstić information content (AvgIpc) is 2.33. The van der Waals surface area contributed by atoms with Crippen LogP contribution in [0.15, 0.2) is 0 Å². The molecular weight excluding hydrogens is 132 g/mol. The Balaban J connectivity index is 2.03. The van der Waals surface area contributed by atoms with Crippen LogP contribution in [0.3, 0.4) is 0 Å². The molecule has 0 aromatic heterocycles. The molecule has 0 saturated carbocycles. The number of cyclic esters (lactones) is 1. The normalized spacial score (nSPS) is 32.8. The van der Waals surface area contributed by atoms with Crippen molar-refractivity contribution in [3.8, 4) is 0 Å². The van der Waals surface area contributed by atoms with E-state index in [1.807, 2.05) is 0 Å². The third kappa shape index (κ3) is 0.844. The summed E-state index contributed by atoms with van der Waals surface area (Å²) in [4.78, 5) is 10.6. The summed E-state index contributed by atoms with van der Waals surface area (Å²) in [5.74, 6) is 0.401. The van der Waals surface area contributed by atoms with Crippen molar-refractivity contribution in [2.45, 2.75) is 0 Å². The Morgan fingerprint density at radius 2 is 2.50 bits per heavy atom. The molecule has 1 atom stereocenters. The van der Waals surface area contributed by atoms with Gasteiger partial charge >= 0.3 is 6.09 Å². The molecule has 0 spiro atoms. The van der Waals surface area contributed by atoms with Crippen LogP contribution in [-0.4, -0.2) is 25.8 Å². The minimum absolute atomic E-state index is 0.310. The lowest BCUT2D eigenvalue weighted by atomic mass is 10.0. The van der Waals surface area contributed by atoms with E-state index in [4.69, 9.17) is 4.74 Å². The maximum absolute atomic E-state index is 10.6. The lowest BCUT2D eigenvalue weighted by Crippen LogP contribution is -2.41. The molecule has 1 amide bonds. The largest absolute Gasteiger partial charge is 0.449 e. The third-order valence-electron chi connectivity index (χ3n) is 1.88. The van der Waals surface area contributed by atoms with Crippen LogP contribution in [-0.2, 0) is 4.74 Å². The average molecular weight is 141 g/mol. The van der Waals surface area contributed by atoms with Crippen LogP contribution in [0.5, 0.6) is 0 Å². The van der Waals surface area contributed by atoms with Gasteiger partial charge in [-0.3, -0.25) is 0 Å². The summed E-state index contributed by atoms with van der Waals surface area (Å²) in [6.45, 7) is 2.27. The number of rotatable bonds is 0. The van der Waals surface area contributed by atoms with Gasteiger partial charge in [-0.05, 0) is 0 Å². The maximum Gasteiger partial charge on any atom is 0.407 e. The molecule has 2 fully saturated rings. The first-order valence-electron chi connectivity index (χ1n) is 3.36. The first-order chi connectivity index (χ1) is 4.86. The fourth-order valence-electron chi connectivity index (χ4n) is 1.30. The fourth-order valence-corrected chi connectivity index (χ4v) is 1.30. The molecule has 0 bridgehead atoms. The number of alkyl carbamates (subject to hydrolysis) is 1. The SMILES string of the molecule is O=C1N[C]2CNCC2CO1. The minimum Gasteiger partial charge on any atom is -0.449 e. The van der Waals surface area contributed by atoms with Crippen LogP contribution in [0, 0.1) is 12.0 Å². The van der Waals surface area contributed by atoms with Crippen LogP contribution in [0.1, 0.15) is 0 Å². The summed E-state index contributed by atoms with van der Waals surface area (Å²) < 4.78 is 4.78. The second kappa shape index (κ2) is 2.12. The number of fused-ring (bicyclic) bond motifs is 1. The number of nitrogens with one attached hydrogen (secondary N) is 2. The van der Waals surface area contributed by atoms with E-state index in [0.29, 0.717) is 12.5 Å². The minimum atomic E-state index is -0.310. The van der Waals surface area contributed by atoms with Gasteiger partial charge in [0.05, 0.1) is 12.6 Å². The van der Waals surface area contributed by atoms with Crippen LogP contribution in [0.25, 0.3) is 0 Å². The van der Waals surface area contributed by atoms with Gasteiger partial charge in [0, 0.05) is 19.0 Å². The number of ether oxygens (including phenoxy) is 1. The van der Waals surface area contributed by atoms with Crippen molar-refractivity contribution in [2.24, 2.45) is 5.92 Å². The van der Waals surface area contributed by atoms with Crippen molar-refractivity contribution in [3.05, 3.63) is 6.04 Å². The van der Waals surface area contributed by atoms with Crippen LogP contribution < -0.4 is 10.6 Å². The number of hydrogen-bond donors (Lipinski definition) is 2. The Labute approximate surface area is 58.9 Å². The highest BCUT2D eigenvalue weighted by Gasteiger charge is 2.34. The summed E-state index contributed by atoms with van der Waals surface area (Å²) in [5.41, 5.74) is 0. The molecular formula is C6H9N2O2. The summed E-state index contributed by atoms with van der Waals surface area (Å²) in [6.07, 6.45) is -0.310. The zero-order chi connectivity index (χ0) is 6.97. The predicted octanol–water partition coefficient (Wildman–Crippen LogP) is -0.522. The highest BCUT2D eigenvalue weighted by molar-refractivity contribution is 5.70. The molecule has 1 unspecified atom stereocenters. The van der Waals surface area contributed by atoms with Crippen molar-refractivity contribution in [3.63, 3.8) is 0 Å². The Kier molecular flexibility index (Phi) is 1.27. The smallest absolute Gasteiger partial charge is 0.407 e. The van der Waals surface area contributed by atoms with Gasteiger partial charge in [0.2, 0.25) is 0 Å². The van der Waals surface area contributed by atoms with Gasteiger partial charge in [-0.2, -0.15) is 0 Å². The molecule has 1 radical (unpaired) electrons. The van der Waals surface area contributed by atoms with E-state index in [9.17, 15) is 4.79 Å². The van der Waals surface area contributed by atoms with Crippen molar-refractivity contribution in [2.75, 3.05) is 19.7 Å². The molecule has 2 aliphatic rings. The molecule has 55 valence electrons. The van der Waals surface area contributed by atoms with Crippen LogP contribution >= 0.6 is 0 Å². The molecule has 2 N–H and O–H groups in total. The molecule has 2 saturated heterocycles. The Morgan fingerprint density at radius 3 is 3.40 bits per heavy atom. The summed E-state index contributed by atoms with van der Waals surface area (Å²) >= 11 is 0. The summed E-state index contributed by atoms with van der Waals surface area (Å²) in [6, 6.07) is 1.08. The van der Waals surface area contributed by atoms with E-state index >= 15 is 0 Å². The molecule has 0 aliphatic carbocycles. The number of amides is 1. The van der Waals surface area contributed by atoms with E-state index in [1.165, 1.54) is 0 Å². The zero-order valence-electron chi connectivity index (χ0n) is 5.52. The van der Waals surface area contributed by atoms with Gasteiger partial charge in [0.1, 0.15) is 0 Å². The molecule has 4 heteroatoms. The number of hydrogen-bond acceptors (Lipinski definition) is 3. The topological polar surface area (TPSA) is 50.4 Å². The highest BCUT2D eigenvalue weighted by atomic mass is 16.6. The molecule has 2 rings (SSSR count). The Bertz CT molecular complexity index is 160. The van der Waals surface area contributed by atoms with Gasteiger partial charge < -0.3 is 15.4 Å². The molecule has 0 aromatic rings. The quantitative estimate of drug-likeness (QED) is 0.477. The van der Waals surface area contributed by atoms with Crippen molar-refractivity contribution >= 4 is 6.09 Å². The highest BCUT2D eigenvalue weighted by Crippen LogP contribution is 2.19. The van der Waals surface area contributed by atoms with E-state index < -0.39 is 0 Å². The maximum atomic E-state index is 10.6. The zero-order valence-corrected chi connectivity index (χ0v) is 5.52. The van der Waals surface area contributed by atoms with Gasteiger partial charge in [0.25, 0.3) is 0 Å². The fraction of sp³-hybridized carbons (Fsp3) is 0.667. The van der Waals surface area contributed by atoms with Gasteiger partial charge in [-0.1, -0.05) is 0 Å².